The average Bonchev–Trinajstić information content (AvgIpc) is 2.17. The molecule has 0 spiro atoms. The molecule has 0 aromatic carbocycles. The normalized spacial score (nSPS) is 53.0. The predicted molar refractivity (Wildman–Crippen MR) is 60.8 cm³/mol. The van der Waals surface area contributed by atoms with Crippen molar-refractivity contribution in [1.82, 2.24) is 0 Å². The highest BCUT2D eigenvalue weighted by Crippen LogP contribution is 2.83. The monoisotopic (exact) mass is 178 g/mol. The molecule has 66 valence electrons. The van der Waals surface area contributed by atoms with Gasteiger partial charge in [0, 0.05) is 0 Å². The third-order valence-corrected chi connectivity index (χ3v) is 5.36. The Labute approximate surface area is 90.1 Å². The zero-order chi connectivity index (χ0) is 9.97. The van der Waals surface area contributed by atoms with Gasteiger partial charge in [0.25, 0.3) is 0 Å². The van der Waals surface area contributed by atoms with E-state index in [1.165, 1.54) is 18.4 Å². The van der Waals surface area contributed by atoms with E-state index in [2.05, 4.69) is 6.08 Å². The Morgan fingerprint density at radius 2 is 2.07 bits per heavy atom. The van der Waals surface area contributed by atoms with Crippen LogP contribution in [0.3, 0.4) is 0 Å². The van der Waals surface area contributed by atoms with Crippen molar-refractivity contribution >= 4 is 23.5 Å². The summed E-state index contributed by atoms with van der Waals surface area (Å²) >= 11 is 0. The molecule has 0 aromatic heterocycles. The molecule has 3 heteroatoms. The van der Waals surface area contributed by atoms with E-state index in [1.807, 2.05) is 0 Å². The first-order valence-electron chi connectivity index (χ1n) is 5.58. The van der Waals surface area contributed by atoms with E-state index >= 15 is 0 Å². The Kier molecular flexibility index (Phi) is 1.67. The van der Waals surface area contributed by atoms with E-state index in [0.29, 0.717) is 17.7 Å². The zero-order valence-corrected chi connectivity index (χ0v) is 8.50. The molecule has 0 nitrogen and oxygen atoms in total. The van der Waals surface area contributed by atoms with Crippen molar-refractivity contribution in [3.63, 3.8) is 0 Å². The van der Waals surface area contributed by atoms with Crippen molar-refractivity contribution < 1.29 is 0 Å². The summed E-state index contributed by atoms with van der Waals surface area (Å²) in [6, 6.07) is 0. The van der Waals surface area contributed by atoms with Crippen LogP contribution in [0.15, 0.2) is 11.6 Å². The molecular weight excluding hydrogens is 165 g/mol. The summed E-state index contributed by atoms with van der Waals surface area (Å²) in [5.41, 5.74) is 1.95. The predicted octanol–water partition coefficient (Wildman–Crippen LogP) is 1.70. The summed E-state index contributed by atoms with van der Waals surface area (Å²) in [6.45, 7) is 0. The molecule has 2 fully saturated rings. The summed E-state index contributed by atoms with van der Waals surface area (Å²) in [5.74, 6) is 1.54. The van der Waals surface area contributed by atoms with Crippen LogP contribution in [0.25, 0.3) is 0 Å². The molecule has 0 amide bonds. The highest BCUT2D eigenvalue weighted by Gasteiger charge is 2.76. The number of allylic oxidation sites excluding steroid dienone is 2. The van der Waals surface area contributed by atoms with Gasteiger partial charge in [-0.1, -0.05) is 30.6 Å². The second-order valence-electron chi connectivity index (χ2n) is 5.10. The second-order valence-corrected chi connectivity index (χ2v) is 5.10. The first kappa shape index (κ1) is 9.18. The largest absolute Gasteiger partial charge is 0.0820 e. The minimum Gasteiger partial charge on any atom is -0.0820 e. The number of fused-ring (bicyclic) bond motifs is 4. The van der Waals surface area contributed by atoms with Crippen molar-refractivity contribution in [2.75, 3.05) is 0 Å². The molecule has 3 aliphatic rings. The van der Waals surface area contributed by atoms with Gasteiger partial charge < -0.3 is 0 Å². The topological polar surface area (TPSA) is 0 Å². The Hall–Kier alpha value is -0.0652. The van der Waals surface area contributed by atoms with Gasteiger partial charge in [0.1, 0.15) is 0 Å². The van der Waals surface area contributed by atoms with Gasteiger partial charge in [0.2, 0.25) is 0 Å². The van der Waals surface area contributed by atoms with E-state index in [0.717, 1.165) is 18.6 Å². The molecule has 0 aromatic rings. The van der Waals surface area contributed by atoms with Crippen LogP contribution in [-0.2, 0) is 0 Å². The van der Waals surface area contributed by atoms with E-state index in [4.69, 9.17) is 23.5 Å². The minimum absolute atomic E-state index is 0.222. The van der Waals surface area contributed by atoms with Gasteiger partial charge in [-0.2, -0.15) is 0 Å². The molecule has 2 saturated carbocycles. The van der Waals surface area contributed by atoms with Crippen LogP contribution in [0.4, 0.5) is 0 Å². The average molecular weight is 178 g/mol. The van der Waals surface area contributed by atoms with Gasteiger partial charge in [0.15, 0.2) is 0 Å². The minimum atomic E-state index is 0.222. The molecule has 0 N–H and O–H groups in total. The third kappa shape index (κ3) is 0.596. The fourth-order valence-electron chi connectivity index (χ4n) is 4.53. The molecule has 3 aliphatic carbocycles. The summed E-state index contributed by atoms with van der Waals surface area (Å²) in [6.07, 6.45) is 7.17. The van der Waals surface area contributed by atoms with Crippen LogP contribution in [0.1, 0.15) is 12.8 Å². The fourth-order valence-corrected chi connectivity index (χ4v) is 4.53. The third-order valence-electron chi connectivity index (χ3n) is 5.36. The van der Waals surface area contributed by atoms with Crippen LogP contribution < -0.4 is 0 Å². The van der Waals surface area contributed by atoms with Crippen LogP contribution in [0, 0.1) is 22.7 Å². The molecular formula is C11H13B3. The summed E-state index contributed by atoms with van der Waals surface area (Å²) in [5, 5.41) is 0. The Balaban J connectivity index is 2.00. The van der Waals surface area contributed by atoms with Crippen LogP contribution >= 0.6 is 0 Å². The standard InChI is InChI=1S/C11H13B3/c12-4-7-3-9-8-1-2-10(8,5-13)11(7,9)6-14/h3,8-9H,1-2,4-6H2/t8?,9?,10-,11-/m0/s1. The lowest BCUT2D eigenvalue weighted by Gasteiger charge is -2.81. The van der Waals surface area contributed by atoms with Crippen molar-refractivity contribution in [3.05, 3.63) is 11.6 Å². The fraction of sp³-hybridized carbons (Fsp3) is 0.818. The number of hydrogen-bond donors (Lipinski definition) is 0. The van der Waals surface area contributed by atoms with Gasteiger partial charge in [-0.3, -0.25) is 0 Å². The van der Waals surface area contributed by atoms with Gasteiger partial charge in [-0.05, 0) is 35.5 Å². The SMILES string of the molecule is [B]CC1=CC2C3CC[C@@]3(C[B])[C@@]12C[B]. The molecule has 14 heavy (non-hydrogen) atoms. The van der Waals surface area contributed by atoms with E-state index < -0.39 is 0 Å². The summed E-state index contributed by atoms with van der Waals surface area (Å²) in [7, 11) is 17.7. The first-order valence-corrected chi connectivity index (χ1v) is 5.58. The maximum atomic E-state index is 5.97. The van der Waals surface area contributed by atoms with Crippen molar-refractivity contribution in [1.29, 1.82) is 0 Å². The van der Waals surface area contributed by atoms with Crippen LogP contribution in [-0.4, -0.2) is 23.5 Å². The highest BCUT2D eigenvalue weighted by molar-refractivity contribution is 6.13. The molecule has 3 rings (SSSR count). The second kappa shape index (κ2) is 2.54. The quantitative estimate of drug-likeness (QED) is 0.455. The zero-order valence-electron chi connectivity index (χ0n) is 8.50. The molecule has 2 unspecified atom stereocenters. The molecule has 0 heterocycles. The van der Waals surface area contributed by atoms with Crippen LogP contribution in [0.2, 0.25) is 19.0 Å². The summed E-state index contributed by atoms with van der Waals surface area (Å²) < 4.78 is 0. The van der Waals surface area contributed by atoms with E-state index in [1.54, 1.807) is 0 Å². The Bertz CT molecular complexity index is 308. The molecule has 4 atom stereocenters. The Morgan fingerprint density at radius 3 is 2.50 bits per heavy atom. The lowest BCUT2D eigenvalue weighted by Crippen LogP contribution is -2.74. The van der Waals surface area contributed by atoms with Gasteiger partial charge in [-0.15, -0.1) is 0 Å². The van der Waals surface area contributed by atoms with Gasteiger partial charge in [0.05, 0.1) is 23.5 Å². The lowest BCUT2D eigenvalue weighted by molar-refractivity contribution is -0.232. The first-order chi connectivity index (χ1) is 6.76. The number of rotatable bonds is 3. The summed E-state index contributed by atoms with van der Waals surface area (Å²) in [4.78, 5) is 0. The van der Waals surface area contributed by atoms with Crippen molar-refractivity contribution in [3.8, 4) is 0 Å². The molecule has 0 aliphatic heterocycles. The maximum absolute atomic E-state index is 5.97. The smallest absolute Gasteiger partial charge is 0.0712 e. The maximum Gasteiger partial charge on any atom is 0.0712 e. The Morgan fingerprint density at radius 1 is 1.29 bits per heavy atom. The van der Waals surface area contributed by atoms with Gasteiger partial charge >= 0.3 is 0 Å². The van der Waals surface area contributed by atoms with Crippen molar-refractivity contribution in [2.24, 2.45) is 22.7 Å². The van der Waals surface area contributed by atoms with Crippen molar-refractivity contribution in [2.45, 2.75) is 31.8 Å². The number of hydrogen-bond acceptors (Lipinski definition) is 0. The van der Waals surface area contributed by atoms with Gasteiger partial charge in [-0.25, -0.2) is 0 Å². The lowest BCUT2D eigenvalue weighted by atomic mass is 9.21. The molecule has 0 bridgehead atoms. The molecule has 6 radical (unpaired) electrons. The van der Waals surface area contributed by atoms with E-state index in [-0.39, 0.29) is 5.41 Å². The molecule has 0 saturated heterocycles. The van der Waals surface area contributed by atoms with Crippen LogP contribution in [0.5, 0.6) is 0 Å². The van der Waals surface area contributed by atoms with E-state index in [9.17, 15) is 0 Å². The highest BCUT2D eigenvalue weighted by atomic mass is 14.8.